The molecule has 0 bridgehead atoms. The smallest absolute Gasteiger partial charge is 0.338 e. The summed E-state index contributed by atoms with van der Waals surface area (Å²) in [5, 5.41) is 13.5. The fraction of sp³-hybridized carbons (Fsp3) is 0.222. The van der Waals surface area contributed by atoms with Crippen LogP contribution in [0.3, 0.4) is 0 Å². The summed E-state index contributed by atoms with van der Waals surface area (Å²) in [5.41, 5.74) is 2.08. The largest absolute Gasteiger partial charge is 0.449 e. The lowest BCUT2D eigenvalue weighted by Gasteiger charge is -2.14. The number of aryl methyl sites for hydroxylation is 2. The van der Waals surface area contributed by atoms with E-state index in [-0.39, 0.29) is 11.3 Å². The van der Waals surface area contributed by atoms with E-state index in [4.69, 9.17) is 4.74 Å². The lowest BCUT2D eigenvalue weighted by atomic mass is 10.1. The van der Waals surface area contributed by atoms with Crippen molar-refractivity contribution in [2.75, 3.05) is 5.32 Å². The molecule has 0 aromatic heterocycles. The van der Waals surface area contributed by atoms with Gasteiger partial charge in [-0.3, -0.25) is 14.9 Å². The molecule has 2 aromatic carbocycles. The SMILES string of the molecule is Cc1ccc(NC(=O)[C@H](C)OC(=O)c2ccc([N+](=O)[O-])c(C)c2)cc1. The number of carbonyl (C=O) groups is 2. The van der Waals surface area contributed by atoms with Crippen LogP contribution in [0.5, 0.6) is 0 Å². The van der Waals surface area contributed by atoms with Gasteiger partial charge in [0, 0.05) is 17.3 Å². The highest BCUT2D eigenvalue weighted by molar-refractivity contribution is 5.97. The van der Waals surface area contributed by atoms with Gasteiger partial charge in [0.2, 0.25) is 0 Å². The molecule has 1 atom stereocenters. The van der Waals surface area contributed by atoms with Crippen LogP contribution in [0.1, 0.15) is 28.4 Å². The molecule has 7 heteroatoms. The highest BCUT2D eigenvalue weighted by Gasteiger charge is 2.20. The Kier molecular flexibility index (Phi) is 5.49. The number of nitro benzene ring substituents is 1. The number of esters is 1. The van der Waals surface area contributed by atoms with Crippen molar-refractivity contribution in [2.45, 2.75) is 26.9 Å². The number of nitrogens with one attached hydrogen (secondary N) is 1. The Morgan fingerprint density at radius 2 is 1.76 bits per heavy atom. The van der Waals surface area contributed by atoms with E-state index in [9.17, 15) is 19.7 Å². The molecule has 130 valence electrons. The Morgan fingerprint density at radius 1 is 1.12 bits per heavy atom. The van der Waals surface area contributed by atoms with Crippen LogP contribution in [0.4, 0.5) is 11.4 Å². The molecule has 2 rings (SSSR count). The van der Waals surface area contributed by atoms with Crippen LogP contribution in [-0.4, -0.2) is 22.9 Å². The maximum absolute atomic E-state index is 12.1. The molecule has 0 radical (unpaired) electrons. The highest BCUT2D eigenvalue weighted by atomic mass is 16.6. The first-order valence-corrected chi connectivity index (χ1v) is 7.61. The predicted octanol–water partition coefficient (Wildman–Crippen LogP) is 3.40. The van der Waals surface area contributed by atoms with Crippen molar-refractivity contribution in [3.05, 3.63) is 69.3 Å². The van der Waals surface area contributed by atoms with Gasteiger partial charge in [0.25, 0.3) is 11.6 Å². The summed E-state index contributed by atoms with van der Waals surface area (Å²) in [5.74, 6) is -1.18. The number of ether oxygens (including phenoxy) is 1. The van der Waals surface area contributed by atoms with E-state index in [0.29, 0.717) is 11.3 Å². The zero-order valence-electron chi connectivity index (χ0n) is 14.1. The number of hydrogen-bond donors (Lipinski definition) is 1. The van der Waals surface area contributed by atoms with E-state index in [1.54, 1.807) is 12.1 Å². The second-order valence-electron chi connectivity index (χ2n) is 5.66. The number of nitrogens with zero attached hydrogens (tertiary/aromatic N) is 1. The van der Waals surface area contributed by atoms with Gasteiger partial charge in [-0.25, -0.2) is 4.79 Å². The molecule has 0 aliphatic rings. The van der Waals surface area contributed by atoms with Gasteiger partial charge < -0.3 is 10.1 Å². The molecular formula is C18H18N2O5. The van der Waals surface area contributed by atoms with Gasteiger partial charge in [-0.15, -0.1) is 0 Å². The van der Waals surface area contributed by atoms with Gasteiger partial charge in [-0.1, -0.05) is 17.7 Å². The fourth-order valence-electron chi connectivity index (χ4n) is 2.15. The number of anilines is 1. The van der Waals surface area contributed by atoms with Crippen LogP contribution in [0.15, 0.2) is 42.5 Å². The summed E-state index contributed by atoms with van der Waals surface area (Å²) >= 11 is 0. The topological polar surface area (TPSA) is 98.5 Å². The number of rotatable bonds is 5. The van der Waals surface area contributed by atoms with E-state index in [1.807, 2.05) is 19.1 Å². The average Bonchev–Trinajstić information content (AvgIpc) is 2.56. The maximum atomic E-state index is 12.1. The monoisotopic (exact) mass is 342 g/mol. The summed E-state index contributed by atoms with van der Waals surface area (Å²) in [4.78, 5) is 34.5. The third-order valence-electron chi connectivity index (χ3n) is 3.60. The molecule has 1 N–H and O–H groups in total. The van der Waals surface area contributed by atoms with Gasteiger partial charge >= 0.3 is 5.97 Å². The molecule has 1 amide bonds. The quantitative estimate of drug-likeness (QED) is 0.510. The van der Waals surface area contributed by atoms with Gasteiger partial charge in [-0.05, 0) is 45.0 Å². The zero-order chi connectivity index (χ0) is 18.6. The maximum Gasteiger partial charge on any atom is 0.338 e. The Hall–Kier alpha value is -3.22. The Labute approximate surface area is 144 Å². The third-order valence-corrected chi connectivity index (χ3v) is 3.60. The minimum Gasteiger partial charge on any atom is -0.449 e. The second-order valence-corrected chi connectivity index (χ2v) is 5.66. The van der Waals surface area contributed by atoms with Crippen molar-refractivity contribution in [3.63, 3.8) is 0 Å². The molecule has 0 spiro atoms. The zero-order valence-corrected chi connectivity index (χ0v) is 14.1. The number of hydrogen-bond acceptors (Lipinski definition) is 5. The highest BCUT2D eigenvalue weighted by Crippen LogP contribution is 2.19. The van der Waals surface area contributed by atoms with Crippen LogP contribution < -0.4 is 5.32 Å². The molecule has 0 aliphatic carbocycles. The molecule has 2 aromatic rings. The van der Waals surface area contributed by atoms with E-state index < -0.39 is 22.9 Å². The standard InChI is InChI=1S/C18H18N2O5/c1-11-4-7-15(8-5-11)19-17(21)13(3)25-18(22)14-6-9-16(20(23)24)12(2)10-14/h4-10,13H,1-3H3,(H,19,21)/t13-/m0/s1. The molecule has 0 heterocycles. The van der Waals surface area contributed by atoms with E-state index in [2.05, 4.69) is 5.32 Å². The minimum absolute atomic E-state index is 0.0817. The molecule has 0 aliphatic heterocycles. The van der Waals surface area contributed by atoms with Gasteiger partial charge in [0.15, 0.2) is 6.10 Å². The van der Waals surface area contributed by atoms with Crippen molar-refractivity contribution in [2.24, 2.45) is 0 Å². The Bertz CT molecular complexity index is 815. The van der Waals surface area contributed by atoms with Gasteiger partial charge in [0.05, 0.1) is 10.5 Å². The minimum atomic E-state index is -1.01. The van der Waals surface area contributed by atoms with E-state index >= 15 is 0 Å². The van der Waals surface area contributed by atoms with E-state index in [1.165, 1.54) is 32.0 Å². The van der Waals surface area contributed by atoms with Crippen LogP contribution in [0.2, 0.25) is 0 Å². The second kappa shape index (κ2) is 7.57. The van der Waals surface area contributed by atoms with Crippen molar-refractivity contribution in [1.29, 1.82) is 0 Å². The third kappa shape index (κ3) is 4.63. The van der Waals surface area contributed by atoms with Crippen LogP contribution in [-0.2, 0) is 9.53 Å². The normalized spacial score (nSPS) is 11.5. The lowest BCUT2D eigenvalue weighted by molar-refractivity contribution is -0.385. The molecule has 7 nitrogen and oxygen atoms in total. The predicted molar refractivity (Wildman–Crippen MR) is 92.5 cm³/mol. The first-order chi connectivity index (χ1) is 11.8. The lowest BCUT2D eigenvalue weighted by Crippen LogP contribution is -2.30. The number of benzene rings is 2. The molecule has 0 saturated carbocycles. The molecular weight excluding hydrogens is 324 g/mol. The fourth-order valence-corrected chi connectivity index (χ4v) is 2.15. The molecule has 25 heavy (non-hydrogen) atoms. The van der Waals surface area contributed by atoms with Gasteiger partial charge in [-0.2, -0.15) is 0 Å². The summed E-state index contributed by atoms with van der Waals surface area (Å²) in [6.45, 7) is 4.92. The van der Waals surface area contributed by atoms with Crippen LogP contribution in [0.25, 0.3) is 0 Å². The molecule has 0 saturated heterocycles. The Balaban J connectivity index is 2.01. The van der Waals surface area contributed by atoms with Crippen LogP contribution >= 0.6 is 0 Å². The first-order valence-electron chi connectivity index (χ1n) is 7.61. The molecule has 0 unspecified atom stereocenters. The number of nitro groups is 1. The number of carbonyl (C=O) groups excluding carboxylic acids is 2. The number of amides is 1. The first kappa shape index (κ1) is 18.1. The van der Waals surface area contributed by atoms with Crippen LogP contribution in [0, 0.1) is 24.0 Å². The summed E-state index contributed by atoms with van der Waals surface area (Å²) in [6, 6.07) is 11.1. The van der Waals surface area contributed by atoms with Gasteiger partial charge in [0.1, 0.15) is 0 Å². The van der Waals surface area contributed by atoms with Crippen molar-refractivity contribution in [1.82, 2.24) is 0 Å². The molecule has 0 fully saturated rings. The summed E-state index contributed by atoms with van der Waals surface area (Å²) in [6.07, 6.45) is -1.01. The Morgan fingerprint density at radius 3 is 2.32 bits per heavy atom. The van der Waals surface area contributed by atoms with Crippen molar-refractivity contribution >= 4 is 23.3 Å². The van der Waals surface area contributed by atoms with E-state index in [0.717, 1.165) is 5.56 Å². The average molecular weight is 342 g/mol. The summed E-state index contributed by atoms with van der Waals surface area (Å²) in [7, 11) is 0. The van der Waals surface area contributed by atoms with Crippen molar-refractivity contribution < 1.29 is 19.2 Å². The summed E-state index contributed by atoms with van der Waals surface area (Å²) < 4.78 is 5.13. The van der Waals surface area contributed by atoms with Crippen molar-refractivity contribution in [3.8, 4) is 0 Å².